The average Bonchev–Trinajstić information content (AvgIpc) is 1.89. The lowest BCUT2D eigenvalue weighted by Gasteiger charge is -2.03. The van der Waals surface area contributed by atoms with Gasteiger partial charge in [-0.3, -0.25) is 5.41 Å². The zero-order valence-corrected chi connectivity index (χ0v) is 6.09. The van der Waals surface area contributed by atoms with Crippen LogP contribution in [0.25, 0.3) is 0 Å². The van der Waals surface area contributed by atoms with Crippen molar-refractivity contribution in [2.45, 2.75) is 6.92 Å². The van der Waals surface area contributed by atoms with Crippen LogP contribution in [-0.4, -0.2) is 37.4 Å². The van der Waals surface area contributed by atoms with E-state index < -0.39 is 0 Å². The quantitative estimate of drug-likeness (QED) is 0.327. The highest BCUT2D eigenvalue weighted by Crippen LogP contribution is 1.80. The molecule has 0 aromatic rings. The van der Waals surface area contributed by atoms with Gasteiger partial charge in [0.25, 0.3) is 0 Å². The summed E-state index contributed by atoms with van der Waals surface area (Å²) < 4.78 is 9.56. The van der Waals surface area contributed by atoms with Gasteiger partial charge in [0, 0.05) is 0 Å². The average molecular weight is 147 g/mol. The van der Waals surface area contributed by atoms with Crippen molar-refractivity contribution in [2.75, 3.05) is 26.4 Å². The predicted octanol–water partition coefficient (Wildman–Crippen LogP) is 0.00907. The first kappa shape index (κ1) is 9.39. The summed E-state index contributed by atoms with van der Waals surface area (Å²) in [6.45, 7) is 2.69. The van der Waals surface area contributed by atoms with Gasteiger partial charge >= 0.3 is 0 Å². The van der Waals surface area contributed by atoms with Gasteiger partial charge in [-0.25, -0.2) is 0 Å². The predicted molar refractivity (Wildman–Crippen MR) is 37.3 cm³/mol. The minimum absolute atomic E-state index is 0.0145. The van der Waals surface area contributed by atoms with Crippen molar-refractivity contribution in [1.82, 2.24) is 0 Å². The van der Waals surface area contributed by atoms with Gasteiger partial charge in [0.05, 0.1) is 19.8 Å². The molecule has 0 aliphatic carbocycles. The lowest BCUT2D eigenvalue weighted by Crippen LogP contribution is -2.13. The van der Waals surface area contributed by atoms with Crippen molar-refractivity contribution >= 4 is 5.90 Å². The summed E-state index contributed by atoms with van der Waals surface area (Å²) in [5.41, 5.74) is 0. The van der Waals surface area contributed by atoms with Crippen LogP contribution < -0.4 is 0 Å². The third kappa shape index (κ3) is 5.53. The van der Waals surface area contributed by atoms with E-state index in [0.717, 1.165) is 0 Å². The molecule has 0 spiro atoms. The molecule has 0 saturated carbocycles. The van der Waals surface area contributed by atoms with Crippen molar-refractivity contribution in [1.29, 1.82) is 5.41 Å². The van der Waals surface area contributed by atoms with E-state index in [9.17, 15) is 0 Å². The Bertz CT molecular complexity index is 95.0. The second-order valence-electron chi connectivity index (χ2n) is 1.63. The van der Waals surface area contributed by atoms with Gasteiger partial charge in [0.15, 0.2) is 0 Å². The molecule has 0 unspecified atom stereocenters. The van der Waals surface area contributed by atoms with Crippen molar-refractivity contribution in [3.05, 3.63) is 0 Å². The van der Waals surface area contributed by atoms with E-state index in [2.05, 4.69) is 0 Å². The van der Waals surface area contributed by atoms with E-state index in [4.69, 9.17) is 20.0 Å². The lowest BCUT2D eigenvalue weighted by atomic mass is 10.7. The molecule has 0 aliphatic heterocycles. The third-order valence-electron chi connectivity index (χ3n) is 0.787. The van der Waals surface area contributed by atoms with Crippen LogP contribution in [-0.2, 0) is 9.47 Å². The highest BCUT2D eigenvalue weighted by Gasteiger charge is 1.94. The number of nitrogens with one attached hydrogen (secondary N) is 1. The second-order valence-corrected chi connectivity index (χ2v) is 1.63. The van der Waals surface area contributed by atoms with Crippen LogP contribution in [0, 0.1) is 5.41 Å². The first-order chi connectivity index (χ1) is 4.81. The zero-order chi connectivity index (χ0) is 7.82. The monoisotopic (exact) mass is 147 g/mol. The number of hydrogen-bond acceptors (Lipinski definition) is 4. The largest absolute Gasteiger partial charge is 0.480 e. The highest BCUT2D eigenvalue weighted by molar-refractivity contribution is 5.73. The van der Waals surface area contributed by atoms with Crippen LogP contribution in [0.15, 0.2) is 0 Å². The molecule has 0 atom stereocenters. The Morgan fingerprint density at radius 3 is 2.80 bits per heavy atom. The van der Waals surface area contributed by atoms with Crippen LogP contribution in [0.5, 0.6) is 0 Å². The van der Waals surface area contributed by atoms with Gasteiger partial charge in [-0.2, -0.15) is 0 Å². The van der Waals surface area contributed by atoms with Gasteiger partial charge in [0.2, 0.25) is 5.90 Å². The summed E-state index contributed by atoms with van der Waals surface area (Å²) in [6.07, 6.45) is 0. The highest BCUT2D eigenvalue weighted by atomic mass is 16.5. The summed E-state index contributed by atoms with van der Waals surface area (Å²) >= 11 is 0. The first-order valence-corrected chi connectivity index (χ1v) is 3.20. The van der Waals surface area contributed by atoms with Crippen molar-refractivity contribution in [3.63, 3.8) is 0 Å². The van der Waals surface area contributed by atoms with E-state index >= 15 is 0 Å². The molecular weight excluding hydrogens is 134 g/mol. The standard InChI is InChI=1S/C6H13NO3/c1-2-10-6(7)5-9-4-3-8/h7-8H,2-5H2,1H3. The molecule has 0 fully saturated rings. The zero-order valence-electron chi connectivity index (χ0n) is 6.09. The molecule has 2 N–H and O–H groups in total. The summed E-state index contributed by atoms with van der Waals surface area (Å²) in [5, 5.41) is 15.3. The summed E-state index contributed by atoms with van der Waals surface area (Å²) in [7, 11) is 0. The van der Waals surface area contributed by atoms with Crippen molar-refractivity contribution in [3.8, 4) is 0 Å². The molecular formula is C6H13NO3. The number of hydrogen-bond donors (Lipinski definition) is 2. The molecule has 0 aromatic heterocycles. The molecule has 0 saturated heterocycles. The van der Waals surface area contributed by atoms with Crippen molar-refractivity contribution in [2.24, 2.45) is 0 Å². The molecule has 60 valence electrons. The Hall–Kier alpha value is -0.610. The molecule has 0 aromatic carbocycles. The summed E-state index contributed by atoms with van der Waals surface area (Å²) in [4.78, 5) is 0. The van der Waals surface area contributed by atoms with Crippen LogP contribution in [0.2, 0.25) is 0 Å². The van der Waals surface area contributed by atoms with Crippen LogP contribution >= 0.6 is 0 Å². The Balaban J connectivity index is 3.05. The smallest absolute Gasteiger partial charge is 0.207 e. The lowest BCUT2D eigenvalue weighted by molar-refractivity contribution is 0.106. The number of rotatable bonds is 5. The first-order valence-electron chi connectivity index (χ1n) is 3.20. The summed E-state index contributed by atoms with van der Waals surface area (Å²) in [6, 6.07) is 0. The number of aliphatic hydroxyl groups is 1. The third-order valence-corrected chi connectivity index (χ3v) is 0.787. The molecule has 0 heterocycles. The van der Waals surface area contributed by atoms with Gasteiger partial charge < -0.3 is 14.6 Å². The molecule has 0 aliphatic rings. The fraction of sp³-hybridized carbons (Fsp3) is 0.833. The maximum Gasteiger partial charge on any atom is 0.207 e. The van der Waals surface area contributed by atoms with Gasteiger partial charge in [-0.15, -0.1) is 0 Å². The van der Waals surface area contributed by atoms with Gasteiger partial charge in [-0.05, 0) is 6.92 Å². The maximum atomic E-state index is 8.27. The molecule has 0 radical (unpaired) electrons. The fourth-order valence-corrected chi connectivity index (χ4v) is 0.445. The second kappa shape index (κ2) is 6.51. The van der Waals surface area contributed by atoms with Gasteiger partial charge in [-0.1, -0.05) is 0 Å². The molecule has 10 heavy (non-hydrogen) atoms. The number of ether oxygens (including phenoxy) is 2. The Morgan fingerprint density at radius 2 is 2.30 bits per heavy atom. The van der Waals surface area contributed by atoms with Crippen LogP contribution in [0.4, 0.5) is 0 Å². The van der Waals surface area contributed by atoms with Crippen LogP contribution in [0.1, 0.15) is 6.92 Å². The summed E-state index contributed by atoms with van der Waals surface area (Å²) in [5.74, 6) is 0.107. The van der Waals surface area contributed by atoms with E-state index in [1.807, 2.05) is 0 Å². The number of aliphatic hydroxyl groups excluding tert-OH is 1. The molecule has 4 heteroatoms. The van der Waals surface area contributed by atoms with Gasteiger partial charge in [0.1, 0.15) is 6.61 Å². The molecule has 0 rings (SSSR count). The van der Waals surface area contributed by atoms with E-state index in [1.54, 1.807) is 6.92 Å². The maximum absolute atomic E-state index is 8.27. The normalized spacial score (nSPS) is 9.40. The Labute approximate surface area is 60.3 Å². The molecule has 0 bridgehead atoms. The minimum atomic E-state index is -0.0145. The van der Waals surface area contributed by atoms with E-state index in [1.165, 1.54) is 0 Å². The fourth-order valence-electron chi connectivity index (χ4n) is 0.445. The van der Waals surface area contributed by atoms with E-state index in [0.29, 0.717) is 6.61 Å². The van der Waals surface area contributed by atoms with Crippen molar-refractivity contribution < 1.29 is 14.6 Å². The SMILES string of the molecule is CCOC(=N)COCCO. The van der Waals surface area contributed by atoms with Crippen LogP contribution in [0.3, 0.4) is 0 Å². The minimum Gasteiger partial charge on any atom is -0.480 e. The molecule has 4 nitrogen and oxygen atoms in total. The van der Waals surface area contributed by atoms with E-state index in [-0.39, 0.29) is 25.7 Å². The topological polar surface area (TPSA) is 62.5 Å². The molecule has 0 amide bonds. The Kier molecular flexibility index (Phi) is 6.11. The Morgan fingerprint density at radius 1 is 1.60 bits per heavy atom.